The van der Waals surface area contributed by atoms with E-state index in [9.17, 15) is 19.1 Å². The second kappa shape index (κ2) is 12.3. The smallest absolute Gasteiger partial charge is 0.408 e. The quantitative estimate of drug-likeness (QED) is 0.171. The molecule has 1 aliphatic heterocycles. The van der Waals surface area contributed by atoms with Crippen molar-refractivity contribution in [2.24, 2.45) is 11.7 Å². The molecule has 3 atom stereocenters. The van der Waals surface area contributed by atoms with Gasteiger partial charge in [-0.15, -0.1) is 0 Å². The fraction of sp³-hybridized carbons (Fsp3) is 0.294. The Morgan fingerprint density at radius 1 is 1.18 bits per heavy atom. The van der Waals surface area contributed by atoms with Gasteiger partial charge in [0.15, 0.2) is 5.58 Å². The van der Waals surface area contributed by atoms with Gasteiger partial charge in [0.25, 0.3) is 5.91 Å². The van der Waals surface area contributed by atoms with E-state index in [4.69, 9.17) is 15.1 Å². The van der Waals surface area contributed by atoms with Crippen LogP contribution in [-0.2, 0) is 12.8 Å². The molecular formula is C34H33BrFN5O4. The van der Waals surface area contributed by atoms with Gasteiger partial charge in [-0.05, 0) is 88.6 Å². The van der Waals surface area contributed by atoms with Gasteiger partial charge in [-0.2, -0.15) is 0 Å². The Kier molecular flexibility index (Phi) is 8.43. The predicted octanol–water partition coefficient (Wildman–Crippen LogP) is 6.13. The van der Waals surface area contributed by atoms with E-state index in [1.165, 1.54) is 12.1 Å². The van der Waals surface area contributed by atoms with Crippen LogP contribution >= 0.6 is 15.9 Å². The topological polar surface area (TPSA) is 136 Å². The zero-order valence-electron chi connectivity index (χ0n) is 25.1. The van der Waals surface area contributed by atoms with Crippen LogP contribution in [0, 0.1) is 11.7 Å². The second-order valence-electron chi connectivity index (χ2n) is 11.8. The van der Waals surface area contributed by atoms with Crippen molar-refractivity contribution in [1.82, 2.24) is 19.9 Å². The Balaban J connectivity index is 1.53. The fourth-order valence-corrected chi connectivity index (χ4v) is 6.51. The van der Waals surface area contributed by atoms with Gasteiger partial charge in [-0.25, -0.2) is 9.18 Å². The van der Waals surface area contributed by atoms with Crippen LogP contribution in [0.3, 0.4) is 0 Å². The van der Waals surface area contributed by atoms with E-state index in [0.717, 1.165) is 15.7 Å². The number of primary amides is 1. The van der Waals surface area contributed by atoms with E-state index in [-0.39, 0.29) is 23.3 Å². The van der Waals surface area contributed by atoms with E-state index < -0.39 is 23.9 Å². The first-order valence-corrected chi connectivity index (χ1v) is 15.7. The summed E-state index contributed by atoms with van der Waals surface area (Å²) in [6, 6.07) is 14.4. The molecule has 2 unspecified atom stereocenters. The largest absolute Gasteiger partial charge is 0.420 e. The summed E-state index contributed by atoms with van der Waals surface area (Å²) in [6.45, 7) is 6.02. The van der Waals surface area contributed by atoms with Crippen LogP contribution in [0.2, 0.25) is 0 Å². The molecule has 6 rings (SSSR count). The van der Waals surface area contributed by atoms with Crippen LogP contribution in [0.5, 0.6) is 0 Å². The third-order valence-corrected chi connectivity index (χ3v) is 8.66. The Hall–Kier alpha value is -4.19. The molecule has 2 aromatic carbocycles. The number of rotatable bonds is 9. The van der Waals surface area contributed by atoms with Gasteiger partial charge in [-0.1, -0.05) is 39.0 Å². The molecule has 45 heavy (non-hydrogen) atoms. The second-order valence-corrected chi connectivity index (χ2v) is 12.7. The maximum atomic E-state index is 13.6. The molecule has 1 aliphatic rings. The molecule has 0 saturated heterocycles. The summed E-state index contributed by atoms with van der Waals surface area (Å²) in [4.78, 5) is 35.8. The van der Waals surface area contributed by atoms with Crippen molar-refractivity contribution in [3.8, 4) is 11.1 Å². The van der Waals surface area contributed by atoms with Gasteiger partial charge in [0.05, 0.1) is 40.2 Å². The van der Waals surface area contributed by atoms with Crippen molar-refractivity contribution in [3.05, 3.63) is 115 Å². The van der Waals surface area contributed by atoms with Gasteiger partial charge in [0.2, 0.25) is 0 Å². The van der Waals surface area contributed by atoms with E-state index >= 15 is 0 Å². The minimum Gasteiger partial charge on any atom is -0.408 e. The predicted molar refractivity (Wildman–Crippen MR) is 172 cm³/mol. The number of fused-ring (bicyclic) bond motifs is 2. The number of benzene rings is 2. The van der Waals surface area contributed by atoms with Crippen LogP contribution in [0.1, 0.15) is 84.1 Å². The monoisotopic (exact) mass is 673 g/mol. The average molecular weight is 675 g/mol. The van der Waals surface area contributed by atoms with Crippen LogP contribution in [0.25, 0.3) is 22.2 Å². The number of oxazole rings is 1. The summed E-state index contributed by atoms with van der Waals surface area (Å²) in [6.07, 6.45) is 2.05. The van der Waals surface area contributed by atoms with Crippen molar-refractivity contribution in [2.45, 2.75) is 58.3 Å². The normalized spacial score (nSPS) is 16.8. The zero-order chi connectivity index (χ0) is 32.0. The van der Waals surface area contributed by atoms with Gasteiger partial charge in [-0.3, -0.25) is 24.6 Å². The van der Waals surface area contributed by atoms with Crippen molar-refractivity contribution < 1.29 is 18.7 Å². The lowest BCUT2D eigenvalue weighted by Gasteiger charge is -2.20. The lowest BCUT2D eigenvalue weighted by Crippen LogP contribution is -2.21. The molecule has 4 heterocycles. The van der Waals surface area contributed by atoms with Crippen molar-refractivity contribution in [2.75, 3.05) is 0 Å². The first-order chi connectivity index (χ1) is 21.5. The molecule has 9 nitrogen and oxygen atoms in total. The Morgan fingerprint density at radius 3 is 2.58 bits per heavy atom. The maximum absolute atomic E-state index is 13.6. The summed E-state index contributed by atoms with van der Waals surface area (Å²) in [5, 5.41) is 14.5. The first-order valence-electron chi connectivity index (χ1n) is 14.9. The maximum Gasteiger partial charge on any atom is 0.420 e. The fourth-order valence-electron chi connectivity index (χ4n) is 6.27. The summed E-state index contributed by atoms with van der Waals surface area (Å²) < 4.78 is 21.8. The molecule has 4 N–H and O–H groups in total. The van der Waals surface area contributed by atoms with Crippen molar-refractivity contribution in [1.29, 1.82) is 0 Å². The van der Waals surface area contributed by atoms with Gasteiger partial charge in [0.1, 0.15) is 12.0 Å². The molecule has 1 amide bonds. The van der Waals surface area contributed by atoms with Crippen molar-refractivity contribution >= 4 is 32.9 Å². The Morgan fingerprint density at radius 2 is 1.93 bits per heavy atom. The number of aromatic nitrogens is 3. The number of hydrogen-bond acceptors (Lipinski definition) is 7. The molecule has 0 saturated carbocycles. The number of pyridine rings is 2. The molecule has 0 spiro atoms. The molecular weight excluding hydrogens is 641 g/mol. The number of amides is 1. The first kappa shape index (κ1) is 30.8. The minimum absolute atomic E-state index is 0.157. The van der Waals surface area contributed by atoms with Crippen LogP contribution in [0.4, 0.5) is 4.39 Å². The molecule has 3 aromatic heterocycles. The van der Waals surface area contributed by atoms with Crippen LogP contribution in [-0.4, -0.2) is 25.5 Å². The summed E-state index contributed by atoms with van der Waals surface area (Å²) in [5.74, 6) is -1.38. The number of nitrogens with two attached hydrogens (primary N) is 1. The molecule has 5 aromatic rings. The standard InChI is InChI=1S/C34H33BrFN5O4/c1-4-25(22-11-8-20(35)16-38-22)41-26-12-7-19(15-27(26)45-34(41)44)28-29(32(37)42)23(13-17(2)3)39-31-24(40-33(43)30(28)31)14-18-5-9-21(36)10-6-18/h5-12,15-17,24-25,33,40,43H,4,13-14H2,1-3H3,(H2,37,42)/t24-,25?,33?/m0/s1. The van der Waals surface area contributed by atoms with E-state index in [0.29, 0.717) is 58.4 Å². The lowest BCUT2D eigenvalue weighted by molar-refractivity contribution is 0.0999. The molecule has 0 radical (unpaired) electrons. The number of nitrogens with one attached hydrogen (secondary N) is 1. The highest BCUT2D eigenvalue weighted by Gasteiger charge is 2.37. The number of carbonyl (C=O) groups excluding carboxylic acids is 1. The number of halogens is 2. The molecule has 11 heteroatoms. The number of aliphatic hydroxyl groups excluding tert-OH is 1. The SMILES string of the molecule is CCC(c1ccc(Br)cn1)n1c(=O)oc2cc(-c3c(C(N)=O)c(CC(C)C)nc4c3C(O)N[C@H]4Cc3ccc(F)cc3)ccc21. The van der Waals surface area contributed by atoms with Crippen molar-refractivity contribution in [3.63, 3.8) is 0 Å². The van der Waals surface area contributed by atoms with E-state index in [1.54, 1.807) is 41.1 Å². The number of carbonyl (C=O) groups is 1. The Labute approximate surface area is 267 Å². The highest BCUT2D eigenvalue weighted by Crippen LogP contribution is 2.43. The minimum atomic E-state index is -1.15. The highest BCUT2D eigenvalue weighted by molar-refractivity contribution is 9.10. The summed E-state index contributed by atoms with van der Waals surface area (Å²) >= 11 is 3.41. The van der Waals surface area contributed by atoms with Gasteiger partial charge >= 0.3 is 5.76 Å². The molecule has 0 fully saturated rings. The van der Waals surface area contributed by atoms with Gasteiger partial charge < -0.3 is 15.3 Å². The Bertz CT molecular complexity index is 1950. The zero-order valence-corrected chi connectivity index (χ0v) is 26.6. The lowest BCUT2D eigenvalue weighted by atomic mass is 9.88. The number of hydrogen-bond donors (Lipinski definition) is 3. The number of aliphatic hydroxyl groups is 1. The average Bonchev–Trinajstić information content (AvgIpc) is 3.49. The van der Waals surface area contributed by atoms with E-state index in [2.05, 4.69) is 26.2 Å². The van der Waals surface area contributed by atoms with Crippen LogP contribution < -0.4 is 16.8 Å². The molecule has 0 aliphatic carbocycles. The molecule has 232 valence electrons. The summed E-state index contributed by atoms with van der Waals surface area (Å²) in [5.41, 5.74) is 11.3. The summed E-state index contributed by atoms with van der Waals surface area (Å²) in [7, 11) is 0. The third kappa shape index (κ3) is 5.83. The van der Waals surface area contributed by atoms with Gasteiger partial charge in [0, 0.05) is 21.8 Å². The van der Waals surface area contributed by atoms with E-state index in [1.807, 2.05) is 32.9 Å². The van der Waals surface area contributed by atoms with Crippen LogP contribution in [0.15, 0.2) is 74.5 Å². The molecule has 0 bridgehead atoms. The number of nitrogens with zero attached hydrogens (tertiary/aromatic N) is 3. The third-order valence-electron chi connectivity index (χ3n) is 8.19. The highest BCUT2D eigenvalue weighted by atomic mass is 79.9.